The zero-order valence-corrected chi connectivity index (χ0v) is 8.83. The zero-order chi connectivity index (χ0) is 8.27. The molecule has 0 saturated heterocycles. The topological polar surface area (TPSA) is 27.1 Å². The van der Waals surface area contributed by atoms with Gasteiger partial charge in [-0.25, -0.2) is 0 Å². The summed E-state index contributed by atoms with van der Waals surface area (Å²) in [6.45, 7) is 3.61. The Bertz CT molecular complexity index is 234. The Morgan fingerprint density at radius 3 is 2.91 bits per heavy atom. The number of aromatic nitrogens is 2. The molecule has 0 saturated carbocycles. The first-order valence-corrected chi connectivity index (χ1v) is 4.51. The molecule has 1 rings (SSSR count). The highest BCUT2D eigenvalue weighted by Crippen LogP contribution is 2.04. The normalized spacial score (nSPS) is 10.5. The summed E-state index contributed by atoms with van der Waals surface area (Å²) < 4.78 is 7.93. The maximum Gasteiger partial charge on any atom is 0.123 e. The Morgan fingerprint density at radius 2 is 2.45 bits per heavy atom. The number of aryl methyl sites for hydroxylation is 1. The van der Waals surface area contributed by atoms with Gasteiger partial charge >= 0.3 is 0 Å². The molecule has 1 heterocycles. The molecule has 3 nitrogen and oxygen atoms in total. The number of nitrogens with zero attached hydrogens (tertiary/aromatic N) is 2. The van der Waals surface area contributed by atoms with Gasteiger partial charge in [0.15, 0.2) is 0 Å². The van der Waals surface area contributed by atoms with Crippen LogP contribution in [0.25, 0.3) is 0 Å². The van der Waals surface area contributed by atoms with Gasteiger partial charge in [-0.15, -0.1) is 0 Å². The van der Waals surface area contributed by atoms with E-state index in [-0.39, 0.29) is 0 Å². The predicted octanol–water partition coefficient (Wildman–Crippen LogP) is 1.44. The molecule has 0 aromatic carbocycles. The van der Waals surface area contributed by atoms with E-state index >= 15 is 0 Å². The van der Waals surface area contributed by atoms with E-state index in [9.17, 15) is 0 Å². The first-order valence-electron chi connectivity index (χ1n) is 3.43. The van der Waals surface area contributed by atoms with Crippen molar-refractivity contribution in [2.24, 2.45) is 0 Å². The fourth-order valence-corrected chi connectivity index (χ4v) is 1.59. The molecular weight excluding hydrogens is 255 g/mol. The zero-order valence-electron chi connectivity index (χ0n) is 6.67. The molecular formula is C7H11IN2O. The van der Waals surface area contributed by atoms with Gasteiger partial charge in [-0.05, 0) is 35.6 Å². The van der Waals surface area contributed by atoms with Gasteiger partial charge < -0.3 is 4.74 Å². The number of halogens is 1. The average Bonchev–Trinajstić information content (AvgIpc) is 2.26. The van der Waals surface area contributed by atoms with Crippen LogP contribution in [0.3, 0.4) is 0 Å². The third kappa shape index (κ3) is 2.44. The molecule has 0 aliphatic carbocycles. The number of hydrogen-bond donors (Lipinski definition) is 0. The van der Waals surface area contributed by atoms with E-state index in [0.717, 1.165) is 16.9 Å². The largest absolute Gasteiger partial charge is 0.383 e. The van der Waals surface area contributed by atoms with Crippen molar-refractivity contribution < 1.29 is 4.74 Å². The smallest absolute Gasteiger partial charge is 0.123 e. The lowest BCUT2D eigenvalue weighted by Crippen LogP contribution is -2.07. The number of rotatable bonds is 3. The van der Waals surface area contributed by atoms with Crippen LogP contribution in [0.5, 0.6) is 0 Å². The summed E-state index contributed by atoms with van der Waals surface area (Å²) in [7, 11) is 1.70. The van der Waals surface area contributed by atoms with Gasteiger partial charge in [0, 0.05) is 12.8 Å². The van der Waals surface area contributed by atoms with Crippen molar-refractivity contribution in [1.29, 1.82) is 0 Å². The molecule has 0 bridgehead atoms. The third-order valence-electron chi connectivity index (χ3n) is 1.46. The van der Waals surface area contributed by atoms with Crippen molar-refractivity contribution >= 4 is 22.6 Å². The minimum atomic E-state index is 0.721. The maximum atomic E-state index is 4.95. The van der Waals surface area contributed by atoms with Crippen LogP contribution in [0.15, 0.2) is 6.07 Å². The van der Waals surface area contributed by atoms with E-state index in [1.165, 1.54) is 5.69 Å². The minimum absolute atomic E-state index is 0.721. The van der Waals surface area contributed by atoms with Gasteiger partial charge in [-0.2, -0.15) is 5.10 Å². The highest BCUT2D eigenvalue weighted by atomic mass is 127. The van der Waals surface area contributed by atoms with Crippen molar-refractivity contribution in [3.05, 3.63) is 15.5 Å². The lowest BCUT2D eigenvalue weighted by Gasteiger charge is -2.01. The van der Waals surface area contributed by atoms with Gasteiger partial charge in [0.25, 0.3) is 0 Å². The Hall–Kier alpha value is -0.100. The molecule has 11 heavy (non-hydrogen) atoms. The Labute approximate surface area is 79.9 Å². The summed E-state index contributed by atoms with van der Waals surface area (Å²) in [5.41, 5.74) is 1.19. The van der Waals surface area contributed by atoms with Crippen molar-refractivity contribution in [1.82, 2.24) is 9.78 Å². The first-order chi connectivity index (χ1) is 5.24. The lowest BCUT2D eigenvalue weighted by atomic mass is 10.5. The Balaban J connectivity index is 2.62. The van der Waals surface area contributed by atoms with Crippen LogP contribution in [0.1, 0.15) is 5.69 Å². The van der Waals surface area contributed by atoms with E-state index < -0.39 is 0 Å². The molecule has 0 radical (unpaired) electrons. The standard InChI is InChI=1S/C7H11IN2O/c1-6-5-7(8)9-10(6)3-4-11-2/h5H,3-4H2,1-2H3. The molecule has 0 aliphatic rings. The van der Waals surface area contributed by atoms with Gasteiger partial charge in [-0.3, -0.25) is 4.68 Å². The van der Waals surface area contributed by atoms with Crippen LogP contribution < -0.4 is 0 Å². The van der Waals surface area contributed by atoms with Crippen LogP contribution in [0, 0.1) is 10.6 Å². The monoisotopic (exact) mass is 266 g/mol. The average molecular weight is 266 g/mol. The van der Waals surface area contributed by atoms with Gasteiger partial charge in [-0.1, -0.05) is 0 Å². The Morgan fingerprint density at radius 1 is 1.73 bits per heavy atom. The van der Waals surface area contributed by atoms with Crippen molar-refractivity contribution in [2.45, 2.75) is 13.5 Å². The van der Waals surface area contributed by atoms with Crippen LogP contribution in [0.4, 0.5) is 0 Å². The summed E-state index contributed by atoms with van der Waals surface area (Å²) in [5, 5.41) is 4.27. The maximum absolute atomic E-state index is 4.95. The van der Waals surface area contributed by atoms with Crippen LogP contribution in [-0.2, 0) is 11.3 Å². The minimum Gasteiger partial charge on any atom is -0.383 e. The second-order valence-electron chi connectivity index (χ2n) is 2.32. The van der Waals surface area contributed by atoms with Crippen LogP contribution in [0.2, 0.25) is 0 Å². The summed E-state index contributed by atoms with van der Waals surface area (Å²) in [4.78, 5) is 0. The summed E-state index contributed by atoms with van der Waals surface area (Å²) in [6.07, 6.45) is 0. The summed E-state index contributed by atoms with van der Waals surface area (Å²) in [6, 6.07) is 2.05. The molecule has 0 unspecified atom stereocenters. The molecule has 62 valence electrons. The van der Waals surface area contributed by atoms with Crippen molar-refractivity contribution in [3.63, 3.8) is 0 Å². The molecule has 0 N–H and O–H groups in total. The molecule has 0 amide bonds. The summed E-state index contributed by atoms with van der Waals surface area (Å²) in [5.74, 6) is 0. The molecule has 0 aliphatic heterocycles. The molecule has 1 aromatic rings. The van der Waals surface area contributed by atoms with E-state index in [4.69, 9.17) is 4.74 Å². The second kappa shape index (κ2) is 4.06. The first kappa shape index (κ1) is 8.99. The van der Waals surface area contributed by atoms with E-state index in [2.05, 4.69) is 33.8 Å². The molecule has 0 atom stereocenters. The quantitative estimate of drug-likeness (QED) is 0.774. The fraction of sp³-hybridized carbons (Fsp3) is 0.571. The van der Waals surface area contributed by atoms with Gasteiger partial charge in [0.1, 0.15) is 3.70 Å². The van der Waals surface area contributed by atoms with E-state index in [1.54, 1.807) is 7.11 Å². The number of ether oxygens (including phenoxy) is 1. The van der Waals surface area contributed by atoms with E-state index in [0.29, 0.717) is 0 Å². The second-order valence-corrected chi connectivity index (χ2v) is 3.43. The van der Waals surface area contributed by atoms with Gasteiger partial charge in [0.2, 0.25) is 0 Å². The van der Waals surface area contributed by atoms with Crippen molar-refractivity contribution in [2.75, 3.05) is 13.7 Å². The molecule has 1 aromatic heterocycles. The highest BCUT2D eigenvalue weighted by molar-refractivity contribution is 14.1. The summed E-state index contributed by atoms with van der Waals surface area (Å²) >= 11 is 2.21. The van der Waals surface area contributed by atoms with E-state index in [1.807, 2.05) is 11.6 Å². The van der Waals surface area contributed by atoms with Crippen LogP contribution >= 0.6 is 22.6 Å². The highest BCUT2D eigenvalue weighted by Gasteiger charge is 1.99. The Kier molecular flexibility index (Phi) is 3.32. The predicted molar refractivity (Wildman–Crippen MR) is 51.6 cm³/mol. The lowest BCUT2D eigenvalue weighted by molar-refractivity contribution is 0.182. The van der Waals surface area contributed by atoms with Crippen molar-refractivity contribution in [3.8, 4) is 0 Å². The SMILES string of the molecule is COCCn1nc(I)cc1C. The fourth-order valence-electron chi connectivity index (χ4n) is 0.874. The number of methoxy groups -OCH3 is 1. The molecule has 4 heteroatoms. The van der Waals surface area contributed by atoms with Crippen LogP contribution in [-0.4, -0.2) is 23.5 Å². The van der Waals surface area contributed by atoms with Gasteiger partial charge in [0.05, 0.1) is 13.2 Å². The number of hydrogen-bond acceptors (Lipinski definition) is 2. The molecule has 0 fully saturated rings. The molecule has 0 spiro atoms. The third-order valence-corrected chi connectivity index (χ3v) is 1.99.